The number of carboxylic acids is 1. The van der Waals surface area contributed by atoms with Crippen molar-refractivity contribution in [1.82, 2.24) is 4.90 Å². The van der Waals surface area contributed by atoms with Crippen LogP contribution in [0.3, 0.4) is 0 Å². The summed E-state index contributed by atoms with van der Waals surface area (Å²) in [5.74, 6) is -1.05. The van der Waals surface area contributed by atoms with Crippen LogP contribution in [0.1, 0.15) is 23.2 Å². The molecule has 0 aromatic heterocycles. The number of carbonyl (C=O) groups excluding carboxylic acids is 1. The number of rotatable bonds is 5. The summed E-state index contributed by atoms with van der Waals surface area (Å²) in [7, 11) is 1.59. The van der Waals surface area contributed by atoms with Gasteiger partial charge in [0.1, 0.15) is 0 Å². The second kappa shape index (κ2) is 7.49. The predicted molar refractivity (Wildman–Crippen MR) is 94.4 cm³/mol. The lowest BCUT2D eigenvalue weighted by Crippen LogP contribution is -2.37. The van der Waals surface area contributed by atoms with Crippen molar-refractivity contribution in [3.63, 3.8) is 0 Å². The molecule has 0 saturated carbocycles. The molecule has 0 aliphatic carbocycles. The molecule has 2 aromatic rings. The van der Waals surface area contributed by atoms with E-state index in [0.717, 1.165) is 11.1 Å². The lowest BCUT2D eigenvalue weighted by Gasteiger charge is -2.23. The van der Waals surface area contributed by atoms with Gasteiger partial charge in [-0.3, -0.25) is 9.59 Å². The van der Waals surface area contributed by atoms with E-state index in [0.29, 0.717) is 18.5 Å². The summed E-state index contributed by atoms with van der Waals surface area (Å²) in [5.41, 5.74) is 2.69. The SMILES string of the molecule is COC1CC(CC(=O)O)N(C(=O)c2ccc(-c3ccccc3)cc2)C1. The fourth-order valence-electron chi connectivity index (χ4n) is 3.29. The molecule has 2 aromatic carbocycles. The number of carbonyl (C=O) groups is 2. The highest BCUT2D eigenvalue weighted by Crippen LogP contribution is 2.26. The van der Waals surface area contributed by atoms with Gasteiger partial charge in [0.05, 0.1) is 12.5 Å². The highest BCUT2D eigenvalue weighted by Gasteiger charge is 2.36. The largest absolute Gasteiger partial charge is 0.481 e. The van der Waals surface area contributed by atoms with Gasteiger partial charge in [0, 0.05) is 25.3 Å². The standard InChI is InChI=1S/C20H21NO4/c1-25-18-11-17(12-19(22)23)21(13-18)20(24)16-9-7-15(8-10-16)14-5-3-2-4-6-14/h2-10,17-18H,11-13H2,1H3,(H,22,23). The van der Waals surface area contributed by atoms with E-state index in [4.69, 9.17) is 9.84 Å². The smallest absolute Gasteiger partial charge is 0.305 e. The summed E-state index contributed by atoms with van der Waals surface area (Å²) in [5, 5.41) is 9.09. The molecule has 1 aliphatic heterocycles. The molecule has 2 atom stereocenters. The van der Waals surface area contributed by atoms with E-state index in [9.17, 15) is 9.59 Å². The summed E-state index contributed by atoms with van der Waals surface area (Å²) >= 11 is 0. The molecule has 0 spiro atoms. The van der Waals surface area contributed by atoms with E-state index in [1.54, 1.807) is 24.1 Å². The molecule has 1 fully saturated rings. The average Bonchev–Trinajstić information content (AvgIpc) is 3.04. The topological polar surface area (TPSA) is 66.8 Å². The molecule has 0 radical (unpaired) electrons. The Morgan fingerprint density at radius 2 is 1.72 bits per heavy atom. The zero-order chi connectivity index (χ0) is 17.8. The van der Waals surface area contributed by atoms with Gasteiger partial charge in [0.25, 0.3) is 5.91 Å². The highest BCUT2D eigenvalue weighted by molar-refractivity contribution is 5.95. The number of carboxylic acid groups (broad SMARTS) is 1. The average molecular weight is 339 g/mol. The zero-order valence-corrected chi connectivity index (χ0v) is 14.1. The Kier molecular flexibility index (Phi) is 5.14. The number of methoxy groups -OCH3 is 1. The Bertz CT molecular complexity index is 742. The van der Waals surface area contributed by atoms with Crippen molar-refractivity contribution < 1.29 is 19.4 Å². The molecule has 2 unspecified atom stereocenters. The van der Waals surface area contributed by atoms with Crippen LogP contribution >= 0.6 is 0 Å². The number of amides is 1. The van der Waals surface area contributed by atoms with Crippen molar-refractivity contribution in [3.8, 4) is 11.1 Å². The second-order valence-corrected chi connectivity index (χ2v) is 6.25. The Hall–Kier alpha value is -2.66. The number of ether oxygens (including phenoxy) is 1. The maximum atomic E-state index is 12.8. The van der Waals surface area contributed by atoms with Gasteiger partial charge in [-0.2, -0.15) is 0 Å². The Labute approximate surface area is 146 Å². The van der Waals surface area contributed by atoms with Crippen molar-refractivity contribution in [3.05, 3.63) is 60.2 Å². The number of likely N-dealkylation sites (tertiary alicyclic amines) is 1. The van der Waals surface area contributed by atoms with Gasteiger partial charge in [-0.15, -0.1) is 0 Å². The molecule has 1 N–H and O–H groups in total. The van der Waals surface area contributed by atoms with Crippen molar-refractivity contribution in [2.45, 2.75) is 25.0 Å². The van der Waals surface area contributed by atoms with Gasteiger partial charge < -0.3 is 14.7 Å². The summed E-state index contributed by atoms with van der Waals surface area (Å²) in [6, 6.07) is 17.0. The second-order valence-electron chi connectivity index (χ2n) is 6.25. The maximum absolute atomic E-state index is 12.8. The fraction of sp³-hybridized carbons (Fsp3) is 0.300. The normalized spacial score (nSPS) is 19.8. The van der Waals surface area contributed by atoms with Crippen LogP contribution in [0.5, 0.6) is 0 Å². The van der Waals surface area contributed by atoms with E-state index < -0.39 is 5.97 Å². The van der Waals surface area contributed by atoms with Crippen LogP contribution < -0.4 is 0 Å². The first-order chi connectivity index (χ1) is 12.1. The molecule has 5 nitrogen and oxygen atoms in total. The molecule has 0 bridgehead atoms. The first-order valence-electron chi connectivity index (χ1n) is 8.29. The molecule has 130 valence electrons. The molecule has 1 saturated heterocycles. The summed E-state index contributed by atoms with van der Waals surface area (Å²) in [6.07, 6.45) is 0.376. The van der Waals surface area contributed by atoms with Crippen LogP contribution in [-0.4, -0.2) is 47.7 Å². The third-order valence-corrected chi connectivity index (χ3v) is 4.62. The molecule has 5 heteroatoms. The monoisotopic (exact) mass is 339 g/mol. The van der Waals surface area contributed by atoms with Crippen molar-refractivity contribution in [2.24, 2.45) is 0 Å². The zero-order valence-electron chi connectivity index (χ0n) is 14.1. The lowest BCUT2D eigenvalue weighted by molar-refractivity contribution is -0.137. The first-order valence-corrected chi connectivity index (χ1v) is 8.29. The number of benzene rings is 2. The first kappa shape index (κ1) is 17.2. The molecule has 1 aliphatic rings. The van der Waals surface area contributed by atoms with E-state index in [2.05, 4.69) is 0 Å². The van der Waals surface area contributed by atoms with Crippen molar-refractivity contribution in [1.29, 1.82) is 0 Å². The fourth-order valence-corrected chi connectivity index (χ4v) is 3.29. The highest BCUT2D eigenvalue weighted by atomic mass is 16.5. The van der Waals surface area contributed by atoms with Gasteiger partial charge in [-0.05, 0) is 29.7 Å². The summed E-state index contributed by atoms with van der Waals surface area (Å²) < 4.78 is 5.33. The number of hydrogen-bond acceptors (Lipinski definition) is 3. The van der Waals surface area contributed by atoms with E-state index in [-0.39, 0.29) is 24.5 Å². The van der Waals surface area contributed by atoms with Crippen LogP contribution in [0, 0.1) is 0 Å². The summed E-state index contributed by atoms with van der Waals surface area (Å²) in [6.45, 7) is 0.424. The van der Waals surface area contributed by atoms with Gasteiger partial charge in [-0.25, -0.2) is 0 Å². The number of hydrogen-bond donors (Lipinski definition) is 1. The third kappa shape index (κ3) is 3.88. The Morgan fingerprint density at radius 1 is 1.08 bits per heavy atom. The van der Waals surface area contributed by atoms with E-state index in [1.165, 1.54) is 0 Å². The minimum atomic E-state index is -0.904. The Balaban J connectivity index is 1.78. The minimum absolute atomic E-state index is 0.0618. The van der Waals surface area contributed by atoms with Crippen LogP contribution in [-0.2, 0) is 9.53 Å². The number of nitrogens with zero attached hydrogens (tertiary/aromatic N) is 1. The third-order valence-electron chi connectivity index (χ3n) is 4.62. The van der Waals surface area contributed by atoms with E-state index in [1.807, 2.05) is 42.5 Å². The molecular weight excluding hydrogens is 318 g/mol. The van der Waals surface area contributed by atoms with Crippen molar-refractivity contribution in [2.75, 3.05) is 13.7 Å². The molecule has 3 rings (SSSR count). The van der Waals surface area contributed by atoms with E-state index >= 15 is 0 Å². The molecular formula is C20H21NO4. The van der Waals surface area contributed by atoms with Crippen LogP contribution in [0.25, 0.3) is 11.1 Å². The van der Waals surface area contributed by atoms with Crippen molar-refractivity contribution >= 4 is 11.9 Å². The van der Waals surface area contributed by atoms with Gasteiger partial charge in [0.15, 0.2) is 0 Å². The molecule has 1 amide bonds. The quantitative estimate of drug-likeness (QED) is 0.909. The van der Waals surface area contributed by atoms with Crippen LogP contribution in [0.15, 0.2) is 54.6 Å². The van der Waals surface area contributed by atoms with Crippen LogP contribution in [0.2, 0.25) is 0 Å². The lowest BCUT2D eigenvalue weighted by atomic mass is 10.0. The predicted octanol–water partition coefficient (Wildman–Crippen LogP) is 3.06. The Morgan fingerprint density at radius 3 is 2.32 bits per heavy atom. The minimum Gasteiger partial charge on any atom is -0.481 e. The van der Waals surface area contributed by atoms with Gasteiger partial charge in [0.2, 0.25) is 0 Å². The van der Waals surface area contributed by atoms with Gasteiger partial charge >= 0.3 is 5.97 Å². The van der Waals surface area contributed by atoms with Crippen LogP contribution in [0.4, 0.5) is 0 Å². The molecule has 1 heterocycles. The maximum Gasteiger partial charge on any atom is 0.305 e. The summed E-state index contributed by atoms with van der Waals surface area (Å²) in [4.78, 5) is 25.5. The molecule has 25 heavy (non-hydrogen) atoms. The number of aliphatic carboxylic acids is 1. The van der Waals surface area contributed by atoms with Gasteiger partial charge in [-0.1, -0.05) is 42.5 Å².